The number of aryl methyl sites for hydroxylation is 1. The van der Waals surface area contributed by atoms with Crippen molar-refractivity contribution in [1.82, 2.24) is 4.90 Å². The number of nitrogens with zero attached hydrogens (tertiary/aromatic N) is 1. The summed E-state index contributed by atoms with van der Waals surface area (Å²) >= 11 is 0. The van der Waals surface area contributed by atoms with Gasteiger partial charge in [0, 0.05) is 26.4 Å². The first-order valence-corrected chi connectivity index (χ1v) is 10.8. The van der Waals surface area contributed by atoms with E-state index in [9.17, 15) is 9.59 Å². The van der Waals surface area contributed by atoms with Gasteiger partial charge in [0.1, 0.15) is 36.6 Å². The van der Waals surface area contributed by atoms with Gasteiger partial charge in [-0.1, -0.05) is 6.07 Å². The molecule has 0 spiro atoms. The number of furan rings is 1. The molecule has 1 saturated heterocycles. The lowest BCUT2D eigenvalue weighted by Crippen LogP contribution is -2.44. The number of carbonyl (C=O) groups excluding carboxylic acids is 2. The lowest BCUT2D eigenvalue weighted by molar-refractivity contribution is -0.142. The van der Waals surface area contributed by atoms with E-state index in [-0.39, 0.29) is 24.5 Å². The Labute approximate surface area is 188 Å². The number of ether oxygens (including phenoxy) is 4. The van der Waals surface area contributed by atoms with Gasteiger partial charge in [-0.2, -0.15) is 0 Å². The number of ketones is 1. The van der Waals surface area contributed by atoms with Crippen LogP contribution in [-0.4, -0.2) is 56.2 Å². The van der Waals surface area contributed by atoms with Crippen LogP contribution in [0.3, 0.4) is 0 Å². The van der Waals surface area contributed by atoms with Gasteiger partial charge in [0.2, 0.25) is 0 Å². The Morgan fingerprint density at radius 3 is 2.69 bits per heavy atom. The number of carbonyl (C=O) groups is 2. The molecular formula is C24H31NO7. The monoisotopic (exact) mass is 445 g/mol. The van der Waals surface area contributed by atoms with Crippen LogP contribution in [0.25, 0.3) is 0 Å². The van der Waals surface area contributed by atoms with Gasteiger partial charge < -0.3 is 28.2 Å². The van der Waals surface area contributed by atoms with Crippen molar-refractivity contribution in [2.24, 2.45) is 0 Å². The third-order valence-corrected chi connectivity index (χ3v) is 5.16. The summed E-state index contributed by atoms with van der Waals surface area (Å²) in [5, 5.41) is 0. The van der Waals surface area contributed by atoms with Crippen LogP contribution in [-0.2, 0) is 38.6 Å². The Balaban J connectivity index is 1.49. The highest BCUT2D eigenvalue weighted by Crippen LogP contribution is 2.29. The number of Topliss-reactive ketones (excluding diaryl/α,β-unsaturated/α-hetero) is 1. The molecule has 3 rings (SSSR count). The Morgan fingerprint density at radius 2 is 1.94 bits per heavy atom. The third-order valence-electron chi connectivity index (χ3n) is 5.16. The lowest BCUT2D eigenvalue weighted by Gasteiger charge is -2.32. The Kier molecular flexibility index (Phi) is 8.70. The molecular weight excluding hydrogens is 414 g/mol. The molecule has 1 aromatic heterocycles. The predicted octanol–water partition coefficient (Wildman–Crippen LogP) is 3.15. The fourth-order valence-electron chi connectivity index (χ4n) is 3.49. The summed E-state index contributed by atoms with van der Waals surface area (Å²) in [4.78, 5) is 24.4. The first-order valence-electron chi connectivity index (χ1n) is 10.8. The minimum atomic E-state index is -0.332. The van der Waals surface area contributed by atoms with Crippen molar-refractivity contribution in [3.63, 3.8) is 0 Å². The molecule has 1 unspecified atom stereocenters. The minimum absolute atomic E-state index is 0.0821. The number of hydrogen-bond donors (Lipinski definition) is 0. The highest BCUT2D eigenvalue weighted by atomic mass is 16.5. The van der Waals surface area contributed by atoms with Crippen molar-refractivity contribution in [3.8, 4) is 11.5 Å². The van der Waals surface area contributed by atoms with Gasteiger partial charge in [-0.15, -0.1) is 0 Å². The van der Waals surface area contributed by atoms with E-state index in [4.69, 9.17) is 23.4 Å². The number of rotatable bonds is 11. The zero-order valence-corrected chi connectivity index (χ0v) is 18.9. The standard InChI is InChI=1S/C24H31NO7/c1-17(26)4-5-19-6-9-23(24(12-19)28-3)31-16-22-14-25(10-11-29-22)13-20-7-8-21(32-20)15-30-18(2)27/h6-9,12,22H,4-5,10-11,13-16H2,1-3H3. The molecule has 8 nitrogen and oxygen atoms in total. The normalized spacial score (nSPS) is 16.5. The molecule has 0 radical (unpaired) electrons. The van der Waals surface area contributed by atoms with E-state index in [1.807, 2.05) is 30.3 Å². The average Bonchev–Trinajstić information content (AvgIpc) is 3.22. The van der Waals surface area contributed by atoms with Gasteiger partial charge in [0.15, 0.2) is 11.5 Å². The second kappa shape index (κ2) is 11.7. The molecule has 2 heterocycles. The molecule has 32 heavy (non-hydrogen) atoms. The van der Waals surface area contributed by atoms with E-state index in [1.165, 1.54) is 6.92 Å². The summed E-state index contributed by atoms with van der Waals surface area (Å²) in [6.07, 6.45) is 1.11. The number of hydrogen-bond acceptors (Lipinski definition) is 8. The number of morpholine rings is 1. The topological polar surface area (TPSA) is 87.4 Å². The Bertz CT molecular complexity index is 908. The van der Waals surface area contributed by atoms with E-state index in [0.29, 0.717) is 56.4 Å². The third kappa shape index (κ3) is 7.39. The van der Waals surface area contributed by atoms with Gasteiger partial charge in [-0.25, -0.2) is 0 Å². The summed E-state index contributed by atoms with van der Waals surface area (Å²) in [7, 11) is 1.61. The maximum atomic E-state index is 11.2. The molecule has 1 aliphatic rings. The predicted molar refractivity (Wildman–Crippen MR) is 117 cm³/mol. The summed E-state index contributed by atoms with van der Waals surface area (Å²) in [5.74, 6) is 2.58. The van der Waals surface area contributed by atoms with Crippen LogP contribution in [0.15, 0.2) is 34.7 Å². The molecule has 0 saturated carbocycles. The fraction of sp³-hybridized carbons (Fsp3) is 0.500. The van der Waals surface area contributed by atoms with Gasteiger partial charge in [-0.3, -0.25) is 9.69 Å². The highest BCUT2D eigenvalue weighted by Gasteiger charge is 2.22. The second-order valence-corrected chi connectivity index (χ2v) is 7.87. The number of esters is 1. The number of benzene rings is 1. The van der Waals surface area contributed by atoms with Crippen LogP contribution in [0, 0.1) is 0 Å². The molecule has 8 heteroatoms. The smallest absolute Gasteiger partial charge is 0.303 e. The van der Waals surface area contributed by atoms with E-state index in [2.05, 4.69) is 4.90 Å². The maximum absolute atomic E-state index is 11.2. The average molecular weight is 446 g/mol. The van der Waals surface area contributed by atoms with Gasteiger partial charge in [0.05, 0.1) is 20.3 Å². The SMILES string of the molecule is COc1cc(CCC(C)=O)ccc1OCC1CN(Cc2ccc(COC(C)=O)o2)CCO1. The molecule has 1 fully saturated rings. The van der Waals surface area contributed by atoms with Crippen molar-refractivity contribution in [1.29, 1.82) is 0 Å². The van der Waals surface area contributed by atoms with Crippen molar-refractivity contribution in [2.45, 2.75) is 45.9 Å². The van der Waals surface area contributed by atoms with Crippen molar-refractivity contribution >= 4 is 11.8 Å². The quantitative estimate of drug-likeness (QED) is 0.488. The van der Waals surface area contributed by atoms with Gasteiger partial charge in [0.25, 0.3) is 0 Å². The van der Waals surface area contributed by atoms with Crippen molar-refractivity contribution < 1.29 is 33.0 Å². The minimum Gasteiger partial charge on any atom is -0.493 e. The molecule has 0 aliphatic carbocycles. The molecule has 174 valence electrons. The van der Waals surface area contributed by atoms with E-state index < -0.39 is 0 Å². The second-order valence-electron chi connectivity index (χ2n) is 7.87. The van der Waals surface area contributed by atoms with Crippen molar-refractivity contribution in [3.05, 3.63) is 47.4 Å². The first kappa shape index (κ1) is 23.8. The zero-order valence-electron chi connectivity index (χ0n) is 18.9. The zero-order chi connectivity index (χ0) is 22.9. The first-order chi connectivity index (χ1) is 15.4. The highest BCUT2D eigenvalue weighted by molar-refractivity contribution is 5.75. The van der Waals surface area contributed by atoms with Crippen molar-refractivity contribution in [2.75, 3.05) is 33.4 Å². The molecule has 1 atom stereocenters. The fourth-order valence-corrected chi connectivity index (χ4v) is 3.49. The molecule has 0 amide bonds. The molecule has 1 aromatic carbocycles. The van der Waals surface area contributed by atoms with E-state index in [0.717, 1.165) is 17.9 Å². The molecule has 1 aliphatic heterocycles. The van der Waals surface area contributed by atoms with Crippen LogP contribution in [0.5, 0.6) is 11.5 Å². The van der Waals surface area contributed by atoms with Crippen LogP contribution in [0.1, 0.15) is 37.4 Å². The summed E-state index contributed by atoms with van der Waals surface area (Å²) in [5.41, 5.74) is 1.04. The van der Waals surface area contributed by atoms with Crippen LogP contribution >= 0.6 is 0 Å². The van der Waals surface area contributed by atoms with Crippen LogP contribution in [0.4, 0.5) is 0 Å². The summed E-state index contributed by atoms with van der Waals surface area (Å²) in [6, 6.07) is 9.47. The number of methoxy groups -OCH3 is 1. The van der Waals surface area contributed by atoms with Crippen LogP contribution < -0.4 is 9.47 Å². The van der Waals surface area contributed by atoms with E-state index >= 15 is 0 Å². The summed E-state index contributed by atoms with van der Waals surface area (Å²) < 4.78 is 28.0. The van der Waals surface area contributed by atoms with E-state index in [1.54, 1.807) is 14.0 Å². The van der Waals surface area contributed by atoms with Crippen LogP contribution in [0.2, 0.25) is 0 Å². The molecule has 0 N–H and O–H groups in total. The van der Waals surface area contributed by atoms with Gasteiger partial charge in [-0.05, 0) is 43.2 Å². The Morgan fingerprint density at radius 1 is 1.12 bits per heavy atom. The van der Waals surface area contributed by atoms with Gasteiger partial charge >= 0.3 is 5.97 Å². The Hall–Kier alpha value is -2.84. The molecule has 0 bridgehead atoms. The summed E-state index contributed by atoms with van der Waals surface area (Å²) in [6.45, 7) is 6.27. The largest absolute Gasteiger partial charge is 0.493 e. The maximum Gasteiger partial charge on any atom is 0.303 e. The lowest BCUT2D eigenvalue weighted by atomic mass is 10.1. The molecule has 2 aromatic rings.